The molecule has 0 saturated carbocycles. The maximum absolute atomic E-state index is 12.9. The van der Waals surface area contributed by atoms with E-state index in [2.05, 4.69) is 5.32 Å². The first-order chi connectivity index (χ1) is 13.3. The van der Waals surface area contributed by atoms with Gasteiger partial charge < -0.3 is 9.88 Å². The summed E-state index contributed by atoms with van der Waals surface area (Å²) in [5.74, 6) is -0.469. The van der Waals surface area contributed by atoms with Gasteiger partial charge >= 0.3 is 0 Å². The fraction of sp³-hybridized carbons (Fsp3) is 0.182. The molecule has 1 N–H and O–H groups in total. The molecule has 28 heavy (non-hydrogen) atoms. The van der Waals surface area contributed by atoms with Gasteiger partial charge in [0.15, 0.2) is 5.43 Å². The third kappa shape index (κ3) is 4.13. The highest BCUT2D eigenvalue weighted by molar-refractivity contribution is 6.34. The summed E-state index contributed by atoms with van der Waals surface area (Å²) in [6.07, 6.45) is 0. The number of hydrogen-bond acceptors (Lipinski definition) is 2. The number of nitrogens with zero attached hydrogens (tertiary/aromatic N) is 1. The van der Waals surface area contributed by atoms with Crippen LogP contribution in [0.5, 0.6) is 0 Å². The molecule has 0 aliphatic carbocycles. The van der Waals surface area contributed by atoms with Gasteiger partial charge in [-0.1, -0.05) is 47.5 Å². The first-order valence-corrected chi connectivity index (χ1v) is 9.55. The van der Waals surface area contributed by atoms with Crippen molar-refractivity contribution >= 4 is 34.8 Å². The van der Waals surface area contributed by atoms with Crippen LogP contribution in [-0.2, 0) is 6.54 Å². The molecule has 3 aromatic rings. The summed E-state index contributed by atoms with van der Waals surface area (Å²) in [4.78, 5) is 25.5. The molecule has 0 aliphatic rings. The van der Waals surface area contributed by atoms with Crippen LogP contribution in [0.25, 0.3) is 0 Å². The monoisotopic (exact) mass is 414 g/mol. The van der Waals surface area contributed by atoms with E-state index in [4.69, 9.17) is 23.2 Å². The van der Waals surface area contributed by atoms with Crippen LogP contribution in [0.2, 0.25) is 10.0 Å². The first kappa shape index (κ1) is 20.2. The average molecular weight is 415 g/mol. The number of rotatable bonds is 4. The fourth-order valence-electron chi connectivity index (χ4n) is 3.18. The predicted octanol–water partition coefficient (Wildman–Crippen LogP) is 5.38. The fourth-order valence-corrected chi connectivity index (χ4v) is 3.57. The molecule has 0 atom stereocenters. The van der Waals surface area contributed by atoms with Crippen LogP contribution in [0, 0.1) is 20.8 Å². The van der Waals surface area contributed by atoms with Crippen molar-refractivity contribution in [3.63, 3.8) is 0 Å². The van der Waals surface area contributed by atoms with Gasteiger partial charge in [-0.3, -0.25) is 9.59 Å². The Balaban J connectivity index is 2.00. The Kier molecular flexibility index (Phi) is 5.92. The average Bonchev–Trinajstić information content (AvgIpc) is 2.63. The van der Waals surface area contributed by atoms with Crippen molar-refractivity contribution in [2.24, 2.45) is 0 Å². The topological polar surface area (TPSA) is 51.1 Å². The quantitative estimate of drug-likeness (QED) is 0.622. The van der Waals surface area contributed by atoms with Crippen molar-refractivity contribution in [3.05, 3.63) is 96.9 Å². The number of para-hydroxylation sites is 1. The lowest BCUT2D eigenvalue weighted by atomic mass is 10.1. The van der Waals surface area contributed by atoms with Crippen LogP contribution < -0.4 is 10.7 Å². The van der Waals surface area contributed by atoms with Crippen molar-refractivity contribution in [2.75, 3.05) is 5.32 Å². The second kappa shape index (κ2) is 8.21. The van der Waals surface area contributed by atoms with Crippen LogP contribution in [0.3, 0.4) is 0 Å². The second-order valence-corrected chi connectivity index (χ2v) is 7.55. The number of carbonyl (C=O) groups is 1. The predicted molar refractivity (Wildman–Crippen MR) is 115 cm³/mol. The van der Waals surface area contributed by atoms with Gasteiger partial charge in [0.05, 0.1) is 10.7 Å². The molecular formula is C22H20Cl2N2O2. The number of hydrogen-bond donors (Lipinski definition) is 1. The van der Waals surface area contributed by atoms with Gasteiger partial charge in [0.25, 0.3) is 5.91 Å². The largest absolute Gasteiger partial charge is 0.344 e. The molecule has 0 spiro atoms. The molecule has 6 heteroatoms. The molecule has 4 nitrogen and oxygen atoms in total. The zero-order chi connectivity index (χ0) is 20.4. The molecule has 3 rings (SSSR count). The minimum atomic E-state index is -0.469. The number of nitrogens with one attached hydrogen (secondary N) is 1. The van der Waals surface area contributed by atoms with Crippen molar-refractivity contribution in [1.29, 1.82) is 0 Å². The number of carbonyl (C=O) groups excluding carboxylic acids is 1. The molecule has 144 valence electrons. The van der Waals surface area contributed by atoms with E-state index in [-0.39, 0.29) is 11.0 Å². The summed E-state index contributed by atoms with van der Waals surface area (Å²) in [6, 6.07) is 14.3. The SMILES string of the molecule is Cc1cccc(Cl)c1NC(=O)c1c(C)n(Cc2ccc(Cl)cc2)c(C)cc1=O. The number of pyridine rings is 1. The minimum Gasteiger partial charge on any atom is -0.344 e. The van der Waals surface area contributed by atoms with Crippen molar-refractivity contribution in [1.82, 2.24) is 4.57 Å². The van der Waals surface area contributed by atoms with Crippen molar-refractivity contribution < 1.29 is 4.79 Å². The molecular weight excluding hydrogens is 395 g/mol. The maximum atomic E-state index is 12.9. The second-order valence-electron chi connectivity index (χ2n) is 6.71. The summed E-state index contributed by atoms with van der Waals surface area (Å²) >= 11 is 12.2. The van der Waals surface area contributed by atoms with Crippen LogP contribution >= 0.6 is 23.2 Å². The summed E-state index contributed by atoms with van der Waals surface area (Å²) in [5, 5.41) is 3.88. The van der Waals surface area contributed by atoms with Crippen molar-refractivity contribution in [3.8, 4) is 0 Å². The van der Waals surface area contributed by atoms with E-state index >= 15 is 0 Å². The van der Waals surface area contributed by atoms with E-state index < -0.39 is 5.91 Å². The summed E-state index contributed by atoms with van der Waals surface area (Å²) in [6.45, 7) is 6.01. The van der Waals surface area contributed by atoms with E-state index in [1.807, 2.05) is 54.8 Å². The highest BCUT2D eigenvalue weighted by Gasteiger charge is 2.19. The van der Waals surface area contributed by atoms with Gasteiger partial charge in [-0.25, -0.2) is 0 Å². The summed E-state index contributed by atoms with van der Waals surface area (Å²) < 4.78 is 1.94. The van der Waals surface area contributed by atoms with Gasteiger partial charge in [0.1, 0.15) is 5.56 Å². The number of halogens is 2. The Morgan fingerprint density at radius 2 is 1.71 bits per heavy atom. The zero-order valence-corrected chi connectivity index (χ0v) is 17.4. The van der Waals surface area contributed by atoms with Gasteiger partial charge in [-0.05, 0) is 50.1 Å². The Hall–Kier alpha value is -2.56. The molecule has 0 saturated heterocycles. The first-order valence-electron chi connectivity index (χ1n) is 8.80. The highest BCUT2D eigenvalue weighted by Crippen LogP contribution is 2.26. The molecule has 0 radical (unpaired) electrons. The van der Waals surface area contributed by atoms with Crippen LogP contribution in [-0.4, -0.2) is 10.5 Å². The molecule has 1 amide bonds. The number of benzene rings is 2. The molecule has 2 aromatic carbocycles. The lowest BCUT2D eigenvalue weighted by Crippen LogP contribution is -2.27. The summed E-state index contributed by atoms with van der Waals surface area (Å²) in [5.41, 5.74) is 3.53. The third-order valence-corrected chi connectivity index (χ3v) is 5.29. The van der Waals surface area contributed by atoms with E-state index in [0.29, 0.717) is 28.0 Å². The minimum absolute atomic E-state index is 0.110. The van der Waals surface area contributed by atoms with E-state index in [1.54, 1.807) is 13.0 Å². The molecule has 0 bridgehead atoms. The van der Waals surface area contributed by atoms with E-state index in [1.165, 1.54) is 6.07 Å². The van der Waals surface area contributed by atoms with Crippen LogP contribution in [0.15, 0.2) is 53.3 Å². The highest BCUT2D eigenvalue weighted by atomic mass is 35.5. The summed E-state index contributed by atoms with van der Waals surface area (Å²) in [7, 11) is 0. The Bertz CT molecular complexity index is 1080. The maximum Gasteiger partial charge on any atom is 0.261 e. The number of aryl methyl sites for hydroxylation is 2. The van der Waals surface area contributed by atoms with Crippen LogP contribution in [0.4, 0.5) is 5.69 Å². The van der Waals surface area contributed by atoms with Gasteiger partial charge in [-0.2, -0.15) is 0 Å². The van der Waals surface area contributed by atoms with E-state index in [9.17, 15) is 9.59 Å². The third-order valence-electron chi connectivity index (χ3n) is 4.72. The molecule has 1 aromatic heterocycles. The number of aromatic nitrogens is 1. The van der Waals surface area contributed by atoms with Crippen molar-refractivity contribution in [2.45, 2.75) is 27.3 Å². The van der Waals surface area contributed by atoms with Gasteiger partial charge in [0, 0.05) is 29.0 Å². The molecule has 1 heterocycles. The number of amides is 1. The Labute approximate surface area is 173 Å². The lowest BCUT2D eigenvalue weighted by Gasteiger charge is -2.18. The molecule has 0 aliphatic heterocycles. The Morgan fingerprint density at radius 1 is 1.04 bits per heavy atom. The van der Waals surface area contributed by atoms with Crippen LogP contribution in [0.1, 0.15) is 32.9 Å². The standard InChI is InChI=1S/C22H20Cl2N2O2/c1-13-5-4-6-18(24)21(13)25-22(28)20-15(3)26(14(2)11-19(20)27)12-16-7-9-17(23)10-8-16/h4-11H,12H2,1-3H3,(H,25,28). The van der Waals surface area contributed by atoms with Gasteiger partial charge in [0.2, 0.25) is 0 Å². The Morgan fingerprint density at radius 3 is 2.36 bits per heavy atom. The number of anilines is 1. The molecule has 0 unspecified atom stereocenters. The zero-order valence-electron chi connectivity index (χ0n) is 15.8. The normalized spacial score (nSPS) is 10.8. The van der Waals surface area contributed by atoms with E-state index in [0.717, 1.165) is 16.8 Å². The van der Waals surface area contributed by atoms with Gasteiger partial charge in [-0.15, -0.1) is 0 Å². The smallest absolute Gasteiger partial charge is 0.261 e. The molecule has 0 fully saturated rings. The lowest BCUT2D eigenvalue weighted by molar-refractivity contribution is 0.102.